The van der Waals surface area contributed by atoms with Crippen molar-refractivity contribution in [2.45, 2.75) is 47.0 Å². The molecule has 0 heterocycles. The number of hydrogen-bond donors (Lipinski definition) is 2. The lowest BCUT2D eigenvalue weighted by molar-refractivity contribution is -0.458. The molecule has 0 atom stereocenters. The number of aliphatic hydroxyl groups excluding tert-OH is 2. The van der Waals surface area contributed by atoms with E-state index in [2.05, 4.69) is 9.68 Å². The molecule has 7 nitrogen and oxygen atoms in total. The molecule has 0 unspecified atom stereocenters. The van der Waals surface area contributed by atoms with Crippen LogP contribution in [0.3, 0.4) is 0 Å². The second-order valence-electron chi connectivity index (χ2n) is 6.27. The quantitative estimate of drug-likeness (QED) is 0.229. The van der Waals surface area contributed by atoms with Gasteiger partial charge in [0.2, 0.25) is 0 Å². The lowest BCUT2D eigenvalue weighted by atomic mass is 9.91. The third-order valence-electron chi connectivity index (χ3n) is 3.79. The molecule has 0 spiro atoms. The minimum atomic E-state index is -8.98. The van der Waals surface area contributed by atoms with Gasteiger partial charge in [0.15, 0.2) is 0 Å². The number of alkyl halides is 17. The van der Waals surface area contributed by atoms with Gasteiger partial charge in [-0.3, -0.25) is 9.68 Å². The zero-order valence-corrected chi connectivity index (χ0v) is 17.5. The Morgan fingerprint density at radius 1 is 0.514 bits per heavy atom. The first-order valence-electron chi connectivity index (χ1n) is 8.26. The standard InChI is InChI=1S/C12H10F17NO6S/c13-5(14,7(17,18)9(21,22)11(25,26)27)6(15,16)8(19,20)10(23,24)12(28,29)37(33,34)30(35-3-1-31)36-4-2-32/h31-32H,1-4H2. The molecule has 0 saturated heterocycles. The third kappa shape index (κ3) is 5.12. The minimum Gasteiger partial charge on any atom is -0.394 e. The Bertz CT molecular complexity index is 882. The van der Waals surface area contributed by atoms with Crippen molar-refractivity contribution < 1.29 is 103 Å². The van der Waals surface area contributed by atoms with E-state index in [0.29, 0.717) is 0 Å². The van der Waals surface area contributed by atoms with Gasteiger partial charge in [-0.1, -0.05) is 0 Å². The monoisotopic (exact) mass is 619 g/mol. The van der Waals surface area contributed by atoms with Crippen molar-refractivity contribution in [3.8, 4) is 0 Å². The molecule has 0 aliphatic carbocycles. The average molecular weight is 619 g/mol. The second-order valence-corrected chi connectivity index (χ2v) is 8.03. The molecule has 0 saturated carbocycles. The molecule has 0 aromatic carbocycles. The minimum absolute atomic E-state index is 1.42. The van der Waals surface area contributed by atoms with Crippen LogP contribution in [0.1, 0.15) is 0 Å². The molecular weight excluding hydrogens is 609 g/mol. The number of nitrogens with zero attached hydrogens (tertiary/aromatic N) is 1. The number of hydrogen-bond acceptors (Lipinski definition) is 6. The lowest BCUT2D eigenvalue weighted by Gasteiger charge is -2.42. The molecular formula is C12H10F17NO6S. The van der Waals surface area contributed by atoms with Gasteiger partial charge in [0, 0.05) is 0 Å². The van der Waals surface area contributed by atoms with E-state index in [-0.39, 0.29) is 0 Å². The molecule has 37 heavy (non-hydrogen) atoms. The summed E-state index contributed by atoms with van der Waals surface area (Å²) in [7, 11) is -7.87. The fraction of sp³-hybridized carbons (Fsp3) is 1.00. The maximum absolute atomic E-state index is 14.0. The Morgan fingerprint density at radius 2 is 0.784 bits per heavy atom. The Morgan fingerprint density at radius 3 is 1.05 bits per heavy atom. The third-order valence-corrected chi connectivity index (χ3v) is 5.30. The van der Waals surface area contributed by atoms with Gasteiger partial charge < -0.3 is 10.2 Å². The van der Waals surface area contributed by atoms with Crippen molar-refractivity contribution in [1.82, 2.24) is 4.63 Å². The molecule has 0 aliphatic rings. The van der Waals surface area contributed by atoms with E-state index in [4.69, 9.17) is 10.2 Å². The summed E-state index contributed by atoms with van der Waals surface area (Å²) < 4.78 is 246. The highest BCUT2D eigenvalue weighted by molar-refractivity contribution is 7.90. The topological polar surface area (TPSA) is 96.3 Å². The van der Waals surface area contributed by atoms with E-state index >= 15 is 0 Å². The van der Waals surface area contributed by atoms with Gasteiger partial charge in [-0.25, -0.2) is 8.42 Å². The second kappa shape index (κ2) is 10.3. The fourth-order valence-electron chi connectivity index (χ4n) is 1.81. The first kappa shape index (κ1) is 35.6. The van der Waals surface area contributed by atoms with Crippen LogP contribution in [0.4, 0.5) is 74.6 Å². The van der Waals surface area contributed by atoms with Crippen LogP contribution < -0.4 is 0 Å². The van der Waals surface area contributed by atoms with Crippen LogP contribution in [0.25, 0.3) is 0 Å². The summed E-state index contributed by atoms with van der Waals surface area (Å²) in [5, 5.41) is 8.88. The molecule has 224 valence electrons. The average Bonchev–Trinajstić information content (AvgIpc) is 2.71. The van der Waals surface area contributed by atoms with Gasteiger partial charge in [0.1, 0.15) is 0 Å². The first-order chi connectivity index (χ1) is 16.0. The van der Waals surface area contributed by atoms with Gasteiger partial charge in [-0.05, 0) is 0 Å². The van der Waals surface area contributed by atoms with Crippen molar-refractivity contribution in [1.29, 1.82) is 0 Å². The molecule has 0 bridgehead atoms. The summed E-state index contributed by atoms with van der Waals surface area (Å²) in [6.45, 7) is -5.98. The maximum atomic E-state index is 14.0. The zero-order chi connectivity index (χ0) is 30.3. The van der Waals surface area contributed by atoms with Crippen molar-refractivity contribution in [3.63, 3.8) is 0 Å². The Balaban J connectivity index is 6.98. The molecule has 0 amide bonds. The normalized spacial score (nSPS) is 16.0. The molecule has 25 heteroatoms. The molecule has 0 fully saturated rings. The zero-order valence-electron chi connectivity index (χ0n) is 16.6. The summed E-state index contributed by atoms with van der Waals surface area (Å²) >= 11 is 0. The van der Waals surface area contributed by atoms with Crippen LogP contribution in [-0.4, -0.2) is 96.7 Å². The number of rotatable bonds is 14. The molecule has 0 radical (unpaired) electrons. The predicted molar refractivity (Wildman–Crippen MR) is 77.5 cm³/mol. The van der Waals surface area contributed by atoms with Gasteiger partial charge in [0.25, 0.3) is 0 Å². The molecule has 0 aromatic rings. The van der Waals surface area contributed by atoms with Crippen molar-refractivity contribution in [3.05, 3.63) is 0 Å². The Hall–Kier alpha value is -1.44. The Labute approximate surface area is 192 Å². The van der Waals surface area contributed by atoms with E-state index in [1.54, 1.807) is 0 Å². The van der Waals surface area contributed by atoms with Crippen LogP contribution in [0.15, 0.2) is 0 Å². The predicted octanol–water partition coefficient (Wildman–Crippen LogP) is 3.43. The van der Waals surface area contributed by atoms with E-state index in [1.165, 1.54) is 0 Å². The maximum Gasteiger partial charge on any atom is 0.460 e. The van der Waals surface area contributed by atoms with Crippen molar-refractivity contribution in [2.75, 3.05) is 26.4 Å². The van der Waals surface area contributed by atoms with Gasteiger partial charge >= 0.3 is 57.0 Å². The molecule has 0 aromatic heterocycles. The summed E-state index contributed by atoms with van der Waals surface area (Å²) in [6, 6.07) is 0. The highest BCUT2D eigenvalue weighted by Gasteiger charge is 2.96. The summed E-state index contributed by atoms with van der Waals surface area (Å²) in [5.74, 6) is -52.5. The SMILES string of the molecule is O=S(=O)(N(OCCO)OCCO)C(F)(F)C(F)(F)C(F)(F)C(F)(F)C(F)(F)C(F)(F)C(F)(F)C(F)(F)F. The van der Waals surface area contributed by atoms with E-state index in [0.717, 1.165) is 0 Å². The molecule has 0 rings (SSSR count). The summed E-state index contributed by atoms with van der Waals surface area (Å²) in [5.41, 5.74) is 0. The van der Waals surface area contributed by atoms with Crippen LogP contribution in [0.5, 0.6) is 0 Å². The van der Waals surface area contributed by atoms with E-state index < -0.39 is 88.0 Å². The Kier molecular flexibility index (Phi) is 9.87. The lowest BCUT2D eigenvalue weighted by Crippen LogP contribution is -2.75. The number of sulfonamides is 1. The number of halogens is 17. The largest absolute Gasteiger partial charge is 0.460 e. The van der Waals surface area contributed by atoms with Crippen LogP contribution >= 0.6 is 0 Å². The van der Waals surface area contributed by atoms with E-state index in [9.17, 15) is 83.1 Å². The fourth-order valence-corrected chi connectivity index (χ4v) is 2.88. The number of aliphatic hydroxyl groups is 2. The summed E-state index contributed by atoms with van der Waals surface area (Å²) in [6.07, 6.45) is -7.93. The van der Waals surface area contributed by atoms with Gasteiger partial charge in [-0.2, -0.15) is 74.6 Å². The first-order valence-corrected chi connectivity index (χ1v) is 9.70. The van der Waals surface area contributed by atoms with Crippen molar-refractivity contribution >= 4 is 10.0 Å². The van der Waals surface area contributed by atoms with E-state index in [1.807, 2.05) is 0 Å². The molecule has 2 N–H and O–H groups in total. The van der Waals surface area contributed by atoms with Gasteiger partial charge in [-0.15, -0.1) is 0 Å². The van der Waals surface area contributed by atoms with Gasteiger partial charge in [0.05, 0.1) is 31.1 Å². The van der Waals surface area contributed by atoms with Crippen molar-refractivity contribution in [2.24, 2.45) is 0 Å². The van der Waals surface area contributed by atoms with Crippen LogP contribution in [0.2, 0.25) is 0 Å². The highest BCUT2D eigenvalue weighted by Crippen LogP contribution is 2.64. The molecule has 0 aliphatic heterocycles. The van der Waals surface area contributed by atoms with Crippen LogP contribution in [-0.2, 0) is 19.7 Å². The van der Waals surface area contributed by atoms with Crippen LogP contribution in [0, 0.1) is 0 Å². The smallest absolute Gasteiger partial charge is 0.394 e. The highest BCUT2D eigenvalue weighted by atomic mass is 32.2. The summed E-state index contributed by atoms with van der Waals surface area (Å²) in [4.78, 5) is 7.13.